The number of carbonyl (C=O) groups excluding carboxylic acids is 1. The predicted molar refractivity (Wildman–Crippen MR) is 82.3 cm³/mol. The third kappa shape index (κ3) is 3.48. The maximum Gasteiger partial charge on any atom is 0.231 e. The summed E-state index contributed by atoms with van der Waals surface area (Å²) in [7, 11) is 1.79. The van der Waals surface area contributed by atoms with Gasteiger partial charge in [-0.15, -0.1) is 0 Å². The molecule has 0 fully saturated rings. The van der Waals surface area contributed by atoms with Crippen molar-refractivity contribution < 1.29 is 4.79 Å². The second kappa shape index (κ2) is 6.39. The van der Waals surface area contributed by atoms with Gasteiger partial charge in [0, 0.05) is 12.1 Å². The largest absolute Gasteiger partial charge is 0.373 e. The third-order valence-electron chi connectivity index (χ3n) is 3.05. The lowest BCUT2D eigenvalue weighted by Crippen LogP contribution is -2.18. The number of nitrogens with zero attached hydrogens (tertiary/aromatic N) is 1. The molecule has 1 atom stereocenters. The van der Waals surface area contributed by atoms with Gasteiger partial charge >= 0.3 is 0 Å². The van der Waals surface area contributed by atoms with Crippen LogP contribution in [0.5, 0.6) is 0 Å². The maximum atomic E-state index is 12.2. The molecule has 104 valence electrons. The van der Waals surface area contributed by atoms with Crippen molar-refractivity contribution in [2.75, 3.05) is 17.7 Å². The number of hydrogen-bond acceptors (Lipinski definition) is 3. The summed E-state index contributed by atoms with van der Waals surface area (Å²) in [6.45, 7) is 1.86. The molecule has 0 spiro atoms. The van der Waals surface area contributed by atoms with Gasteiger partial charge < -0.3 is 10.6 Å². The molecule has 1 aromatic carbocycles. The Kier molecular flexibility index (Phi) is 4.58. The molecule has 1 unspecified atom stereocenters. The van der Waals surface area contributed by atoms with Gasteiger partial charge in [0.25, 0.3) is 0 Å². The Morgan fingerprint density at radius 3 is 2.45 bits per heavy atom. The Morgan fingerprint density at radius 1 is 1.20 bits per heavy atom. The molecular formula is C15H16ClN3O. The van der Waals surface area contributed by atoms with Gasteiger partial charge in [-0.2, -0.15) is 0 Å². The van der Waals surface area contributed by atoms with Crippen molar-refractivity contribution in [2.24, 2.45) is 0 Å². The van der Waals surface area contributed by atoms with Crippen molar-refractivity contribution >= 4 is 29.0 Å². The molecule has 5 heteroatoms. The number of hydrogen-bond donors (Lipinski definition) is 2. The number of aromatic nitrogens is 1. The second-order valence-corrected chi connectivity index (χ2v) is 4.88. The van der Waals surface area contributed by atoms with Gasteiger partial charge in [0.1, 0.15) is 5.82 Å². The van der Waals surface area contributed by atoms with Crippen LogP contribution in [0.25, 0.3) is 0 Å². The summed E-state index contributed by atoms with van der Waals surface area (Å²) in [4.78, 5) is 16.3. The van der Waals surface area contributed by atoms with Gasteiger partial charge in [-0.05, 0) is 36.8 Å². The lowest BCUT2D eigenvalue weighted by atomic mass is 10.0. The fourth-order valence-electron chi connectivity index (χ4n) is 1.77. The standard InChI is InChI=1S/C15H16ClN3O/c1-10(11-3-5-12(16)6-4-11)15(20)19-13-7-8-14(17-2)18-9-13/h3-10H,1-2H3,(H,17,18)(H,19,20). The van der Waals surface area contributed by atoms with E-state index in [2.05, 4.69) is 15.6 Å². The molecule has 0 aliphatic carbocycles. The Hall–Kier alpha value is -2.07. The lowest BCUT2D eigenvalue weighted by molar-refractivity contribution is -0.117. The van der Waals surface area contributed by atoms with E-state index in [-0.39, 0.29) is 11.8 Å². The Balaban J connectivity index is 2.05. The van der Waals surface area contributed by atoms with Crippen molar-refractivity contribution in [1.29, 1.82) is 0 Å². The highest BCUT2D eigenvalue weighted by molar-refractivity contribution is 6.30. The first-order valence-electron chi connectivity index (χ1n) is 6.30. The molecule has 0 saturated heterocycles. The number of benzene rings is 1. The summed E-state index contributed by atoms with van der Waals surface area (Å²) in [5.74, 6) is 0.427. The van der Waals surface area contributed by atoms with Gasteiger partial charge in [0.2, 0.25) is 5.91 Å². The fraction of sp³-hybridized carbons (Fsp3) is 0.200. The smallest absolute Gasteiger partial charge is 0.231 e. The minimum absolute atomic E-state index is 0.0775. The Labute approximate surface area is 123 Å². The Morgan fingerprint density at radius 2 is 1.90 bits per heavy atom. The first-order valence-corrected chi connectivity index (χ1v) is 6.68. The van der Waals surface area contributed by atoms with Crippen LogP contribution in [0.2, 0.25) is 5.02 Å². The number of amides is 1. The highest BCUT2D eigenvalue weighted by Crippen LogP contribution is 2.20. The molecule has 1 heterocycles. The number of carbonyl (C=O) groups is 1. The molecule has 4 nitrogen and oxygen atoms in total. The van der Waals surface area contributed by atoms with Gasteiger partial charge in [0.15, 0.2) is 0 Å². The zero-order valence-electron chi connectivity index (χ0n) is 11.4. The second-order valence-electron chi connectivity index (χ2n) is 4.44. The zero-order chi connectivity index (χ0) is 14.5. The van der Waals surface area contributed by atoms with Crippen molar-refractivity contribution in [3.8, 4) is 0 Å². The van der Waals surface area contributed by atoms with E-state index in [0.29, 0.717) is 10.7 Å². The van der Waals surface area contributed by atoms with Crippen LogP contribution >= 0.6 is 11.6 Å². The van der Waals surface area contributed by atoms with Crippen LogP contribution in [0.3, 0.4) is 0 Å². The summed E-state index contributed by atoms with van der Waals surface area (Å²) in [5, 5.41) is 6.43. The van der Waals surface area contributed by atoms with E-state index in [0.717, 1.165) is 11.4 Å². The van der Waals surface area contributed by atoms with Crippen LogP contribution < -0.4 is 10.6 Å². The van der Waals surface area contributed by atoms with E-state index >= 15 is 0 Å². The summed E-state index contributed by atoms with van der Waals surface area (Å²) < 4.78 is 0. The van der Waals surface area contributed by atoms with Gasteiger partial charge in [0.05, 0.1) is 17.8 Å². The van der Waals surface area contributed by atoms with E-state index in [1.807, 2.05) is 31.2 Å². The number of pyridine rings is 1. The SMILES string of the molecule is CNc1ccc(NC(=O)C(C)c2ccc(Cl)cc2)cn1. The summed E-state index contributed by atoms with van der Waals surface area (Å²) in [5.41, 5.74) is 1.60. The molecule has 1 aromatic heterocycles. The molecule has 0 aliphatic heterocycles. The van der Waals surface area contributed by atoms with Gasteiger partial charge in [-0.3, -0.25) is 4.79 Å². The molecule has 1 amide bonds. The average Bonchev–Trinajstić information content (AvgIpc) is 2.48. The van der Waals surface area contributed by atoms with E-state index in [9.17, 15) is 4.79 Å². The highest BCUT2D eigenvalue weighted by Gasteiger charge is 2.15. The molecule has 2 rings (SSSR count). The normalized spacial score (nSPS) is 11.8. The number of nitrogens with one attached hydrogen (secondary N) is 2. The van der Waals surface area contributed by atoms with Crippen LogP contribution in [0, 0.1) is 0 Å². The van der Waals surface area contributed by atoms with Crippen LogP contribution in [0.15, 0.2) is 42.6 Å². The summed E-state index contributed by atoms with van der Waals surface area (Å²) in [6.07, 6.45) is 1.62. The predicted octanol–water partition coefficient (Wildman–Crippen LogP) is 3.52. The van der Waals surface area contributed by atoms with Crippen molar-refractivity contribution in [3.63, 3.8) is 0 Å². The van der Waals surface area contributed by atoms with Crippen molar-refractivity contribution in [1.82, 2.24) is 4.98 Å². The summed E-state index contributed by atoms with van der Waals surface area (Å²) in [6, 6.07) is 10.9. The van der Waals surface area contributed by atoms with Crippen molar-refractivity contribution in [3.05, 3.63) is 53.2 Å². The monoisotopic (exact) mass is 289 g/mol. The van der Waals surface area contributed by atoms with E-state index in [1.165, 1.54) is 0 Å². The molecule has 0 bridgehead atoms. The lowest BCUT2D eigenvalue weighted by Gasteiger charge is -2.12. The van der Waals surface area contributed by atoms with Crippen LogP contribution in [-0.4, -0.2) is 17.9 Å². The maximum absolute atomic E-state index is 12.2. The van der Waals surface area contributed by atoms with Gasteiger partial charge in [-0.1, -0.05) is 23.7 Å². The molecule has 2 N–H and O–H groups in total. The minimum atomic E-state index is -0.253. The molecule has 0 aliphatic rings. The Bertz CT molecular complexity index is 581. The molecular weight excluding hydrogens is 274 g/mol. The first-order chi connectivity index (χ1) is 9.60. The van der Waals surface area contributed by atoms with E-state index in [4.69, 9.17) is 11.6 Å². The quantitative estimate of drug-likeness (QED) is 0.905. The fourth-order valence-corrected chi connectivity index (χ4v) is 1.90. The van der Waals surface area contributed by atoms with Crippen LogP contribution in [0.4, 0.5) is 11.5 Å². The zero-order valence-corrected chi connectivity index (χ0v) is 12.1. The third-order valence-corrected chi connectivity index (χ3v) is 3.30. The number of rotatable bonds is 4. The molecule has 2 aromatic rings. The van der Waals surface area contributed by atoms with Gasteiger partial charge in [-0.25, -0.2) is 4.98 Å². The number of anilines is 2. The number of halogens is 1. The minimum Gasteiger partial charge on any atom is -0.373 e. The molecule has 0 radical (unpaired) electrons. The van der Waals surface area contributed by atoms with E-state index in [1.54, 1.807) is 25.4 Å². The van der Waals surface area contributed by atoms with Crippen LogP contribution in [0.1, 0.15) is 18.4 Å². The molecule has 20 heavy (non-hydrogen) atoms. The molecule has 0 saturated carbocycles. The highest BCUT2D eigenvalue weighted by atomic mass is 35.5. The topological polar surface area (TPSA) is 54.0 Å². The van der Waals surface area contributed by atoms with Crippen LogP contribution in [-0.2, 0) is 4.79 Å². The summed E-state index contributed by atoms with van der Waals surface area (Å²) >= 11 is 5.84. The average molecular weight is 290 g/mol. The van der Waals surface area contributed by atoms with E-state index < -0.39 is 0 Å². The van der Waals surface area contributed by atoms with Crippen molar-refractivity contribution in [2.45, 2.75) is 12.8 Å². The first kappa shape index (κ1) is 14.3.